The fourth-order valence-electron chi connectivity index (χ4n) is 3.15. The number of guanidine groups is 1. The predicted molar refractivity (Wildman–Crippen MR) is 94.6 cm³/mol. The van der Waals surface area contributed by atoms with Gasteiger partial charge in [0.15, 0.2) is 5.96 Å². The van der Waals surface area contributed by atoms with E-state index in [1.807, 2.05) is 31.3 Å². The molecule has 2 N–H and O–H groups in total. The molecular weight excluding hydrogens is 288 g/mol. The Kier molecular flexibility index (Phi) is 6.44. The van der Waals surface area contributed by atoms with E-state index >= 15 is 0 Å². The highest BCUT2D eigenvalue weighted by molar-refractivity contribution is 5.94. The Hall–Kier alpha value is -2.04. The van der Waals surface area contributed by atoms with Gasteiger partial charge in [-0.2, -0.15) is 0 Å². The third-order valence-corrected chi connectivity index (χ3v) is 4.36. The van der Waals surface area contributed by atoms with Crippen molar-refractivity contribution in [3.63, 3.8) is 0 Å². The summed E-state index contributed by atoms with van der Waals surface area (Å²) in [4.78, 5) is 18.4. The summed E-state index contributed by atoms with van der Waals surface area (Å²) >= 11 is 0. The number of aliphatic imine (C=N–C) groups is 1. The molecule has 0 aliphatic carbocycles. The minimum atomic E-state index is -0.0572. The van der Waals surface area contributed by atoms with E-state index in [-0.39, 0.29) is 5.91 Å². The second-order valence-electron chi connectivity index (χ2n) is 6.07. The van der Waals surface area contributed by atoms with E-state index in [1.165, 1.54) is 19.3 Å². The molecule has 0 spiro atoms. The Morgan fingerprint density at radius 3 is 2.96 bits per heavy atom. The monoisotopic (exact) mass is 316 g/mol. The van der Waals surface area contributed by atoms with Gasteiger partial charge in [0.1, 0.15) is 0 Å². The van der Waals surface area contributed by atoms with E-state index in [1.54, 1.807) is 7.05 Å². The van der Waals surface area contributed by atoms with Gasteiger partial charge in [-0.25, -0.2) is 0 Å². The summed E-state index contributed by atoms with van der Waals surface area (Å²) in [5, 5.41) is 6.07. The Labute approximate surface area is 139 Å². The normalized spacial score (nSPS) is 18.1. The number of benzene rings is 1. The standard InChI is InChI=1S/C18H28N4O/c1-4-6-14-9-10-22(13-14)18(20-3)21-12-15-7-5-8-16(11-15)17(23)19-2/h5,7-8,11,14H,4,6,9-10,12-13H2,1-3H3,(H,19,23)(H,20,21). The van der Waals surface area contributed by atoms with Gasteiger partial charge in [0, 0.05) is 39.3 Å². The van der Waals surface area contributed by atoms with E-state index in [2.05, 4.69) is 27.4 Å². The van der Waals surface area contributed by atoms with Gasteiger partial charge in [-0.1, -0.05) is 25.5 Å². The van der Waals surface area contributed by atoms with E-state index in [4.69, 9.17) is 0 Å². The van der Waals surface area contributed by atoms with Crippen LogP contribution in [0.4, 0.5) is 0 Å². The number of hydrogen-bond acceptors (Lipinski definition) is 2. The number of carbonyl (C=O) groups excluding carboxylic acids is 1. The number of amides is 1. The molecule has 0 saturated carbocycles. The Morgan fingerprint density at radius 1 is 1.43 bits per heavy atom. The zero-order valence-corrected chi connectivity index (χ0v) is 14.4. The molecule has 5 nitrogen and oxygen atoms in total. The van der Waals surface area contributed by atoms with Crippen LogP contribution in [0.15, 0.2) is 29.3 Å². The number of nitrogens with one attached hydrogen (secondary N) is 2. The lowest BCUT2D eigenvalue weighted by atomic mass is 10.0. The van der Waals surface area contributed by atoms with Crippen molar-refractivity contribution in [2.24, 2.45) is 10.9 Å². The van der Waals surface area contributed by atoms with Gasteiger partial charge >= 0.3 is 0 Å². The van der Waals surface area contributed by atoms with Crippen molar-refractivity contribution in [2.45, 2.75) is 32.7 Å². The van der Waals surface area contributed by atoms with Crippen molar-refractivity contribution in [2.75, 3.05) is 27.2 Å². The van der Waals surface area contributed by atoms with Crippen molar-refractivity contribution < 1.29 is 4.79 Å². The molecule has 1 aromatic carbocycles. The van der Waals surface area contributed by atoms with E-state index < -0.39 is 0 Å². The molecule has 126 valence electrons. The highest BCUT2D eigenvalue weighted by Gasteiger charge is 2.23. The van der Waals surface area contributed by atoms with Gasteiger partial charge in [-0.3, -0.25) is 9.79 Å². The summed E-state index contributed by atoms with van der Waals surface area (Å²) in [7, 11) is 3.48. The first-order valence-electron chi connectivity index (χ1n) is 8.44. The summed E-state index contributed by atoms with van der Waals surface area (Å²) in [5.41, 5.74) is 1.77. The molecule has 1 aliphatic heterocycles. The first kappa shape index (κ1) is 17.3. The summed E-state index contributed by atoms with van der Waals surface area (Å²) in [5.74, 6) is 1.68. The van der Waals surface area contributed by atoms with Crippen LogP contribution in [-0.2, 0) is 6.54 Å². The van der Waals surface area contributed by atoms with Gasteiger partial charge in [0.05, 0.1) is 0 Å². The average Bonchev–Trinajstić information content (AvgIpc) is 3.04. The molecule has 1 fully saturated rings. The fourth-order valence-corrected chi connectivity index (χ4v) is 3.15. The summed E-state index contributed by atoms with van der Waals surface area (Å²) in [6.45, 7) is 5.08. The fraction of sp³-hybridized carbons (Fsp3) is 0.556. The second-order valence-corrected chi connectivity index (χ2v) is 6.07. The Morgan fingerprint density at radius 2 is 2.26 bits per heavy atom. The van der Waals surface area contributed by atoms with Crippen LogP contribution < -0.4 is 10.6 Å². The quantitative estimate of drug-likeness (QED) is 0.647. The molecule has 1 heterocycles. The lowest BCUT2D eigenvalue weighted by Crippen LogP contribution is -2.39. The molecular formula is C18H28N4O. The van der Waals surface area contributed by atoms with Crippen LogP contribution in [0.25, 0.3) is 0 Å². The van der Waals surface area contributed by atoms with Crippen LogP contribution in [0.1, 0.15) is 42.1 Å². The molecule has 1 atom stereocenters. The molecule has 23 heavy (non-hydrogen) atoms. The zero-order valence-electron chi connectivity index (χ0n) is 14.4. The molecule has 0 aromatic heterocycles. The van der Waals surface area contributed by atoms with Crippen LogP contribution in [0.5, 0.6) is 0 Å². The molecule has 1 amide bonds. The molecule has 5 heteroatoms. The molecule has 1 aromatic rings. The van der Waals surface area contributed by atoms with Crippen LogP contribution in [0.3, 0.4) is 0 Å². The molecule has 0 bridgehead atoms. The SMILES string of the molecule is CCCC1CCN(C(=NC)NCc2cccc(C(=O)NC)c2)C1. The van der Waals surface area contributed by atoms with Gasteiger partial charge < -0.3 is 15.5 Å². The highest BCUT2D eigenvalue weighted by Crippen LogP contribution is 2.20. The third kappa shape index (κ3) is 4.71. The summed E-state index contributed by atoms with van der Waals surface area (Å²) in [6, 6.07) is 7.68. The maximum atomic E-state index is 11.7. The van der Waals surface area contributed by atoms with Crippen LogP contribution in [0.2, 0.25) is 0 Å². The van der Waals surface area contributed by atoms with E-state index in [9.17, 15) is 4.79 Å². The smallest absolute Gasteiger partial charge is 0.251 e. The van der Waals surface area contributed by atoms with E-state index in [0.717, 1.165) is 30.5 Å². The van der Waals surface area contributed by atoms with Crippen LogP contribution in [0, 0.1) is 5.92 Å². The maximum absolute atomic E-state index is 11.7. The van der Waals surface area contributed by atoms with Gasteiger partial charge in [0.2, 0.25) is 0 Å². The third-order valence-electron chi connectivity index (χ3n) is 4.36. The minimum Gasteiger partial charge on any atom is -0.355 e. The van der Waals surface area contributed by atoms with E-state index in [0.29, 0.717) is 12.1 Å². The Bertz CT molecular complexity index is 556. The number of hydrogen-bond donors (Lipinski definition) is 2. The van der Waals surface area contributed by atoms with Crippen molar-refractivity contribution in [3.05, 3.63) is 35.4 Å². The van der Waals surface area contributed by atoms with Gasteiger partial charge in [-0.05, 0) is 36.5 Å². The lowest BCUT2D eigenvalue weighted by molar-refractivity contribution is 0.0963. The first-order valence-corrected chi connectivity index (χ1v) is 8.44. The average molecular weight is 316 g/mol. The van der Waals surface area contributed by atoms with Crippen LogP contribution in [-0.4, -0.2) is 44.0 Å². The number of nitrogens with zero attached hydrogens (tertiary/aromatic N) is 2. The minimum absolute atomic E-state index is 0.0572. The zero-order chi connectivity index (χ0) is 16.7. The molecule has 1 unspecified atom stereocenters. The van der Waals surface area contributed by atoms with Crippen molar-refractivity contribution >= 4 is 11.9 Å². The topological polar surface area (TPSA) is 56.7 Å². The second kappa shape index (κ2) is 8.56. The number of likely N-dealkylation sites (tertiary alicyclic amines) is 1. The molecule has 1 aliphatic rings. The number of rotatable bonds is 5. The van der Waals surface area contributed by atoms with Gasteiger partial charge in [0.25, 0.3) is 5.91 Å². The molecule has 2 rings (SSSR count). The lowest BCUT2D eigenvalue weighted by Gasteiger charge is -2.22. The first-order chi connectivity index (χ1) is 11.2. The van der Waals surface area contributed by atoms with Crippen molar-refractivity contribution in [1.29, 1.82) is 0 Å². The molecule has 0 radical (unpaired) electrons. The number of carbonyl (C=O) groups is 1. The highest BCUT2D eigenvalue weighted by atomic mass is 16.1. The summed E-state index contributed by atoms with van der Waals surface area (Å²) < 4.78 is 0. The largest absolute Gasteiger partial charge is 0.355 e. The summed E-state index contributed by atoms with van der Waals surface area (Å²) in [6.07, 6.45) is 3.79. The van der Waals surface area contributed by atoms with Crippen molar-refractivity contribution in [3.8, 4) is 0 Å². The predicted octanol–water partition coefficient (Wildman–Crippen LogP) is 2.24. The van der Waals surface area contributed by atoms with Gasteiger partial charge in [-0.15, -0.1) is 0 Å². The maximum Gasteiger partial charge on any atom is 0.251 e. The van der Waals surface area contributed by atoms with Crippen LogP contribution >= 0.6 is 0 Å². The van der Waals surface area contributed by atoms with Crippen molar-refractivity contribution in [1.82, 2.24) is 15.5 Å². The Balaban J connectivity index is 1.92. The molecule has 1 saturated heterocycles.